The molecule has 0 aliphatic carbocycles. The predicted octanol–water partition coefficient (Wildman–Crippen LogP) is 3.63. The number of aryl methyl sites for hydroxylation is 1. The van der Waals surface area contributed by atoms with Crippen molar-refractivity contribution in [3.8, 4) is 0 Å². The molecule has 3 heterocycles. The number of fused-ring (bicyclic) bond motifs is 3. The maximum atomic E-state index is 13.4. The molecule has 1 aromatic heterocycles. The number of aliphatic hydroxyl groups is 1. The smallest absolute Gasteiger partial charge is 0.261 e. The van der Waals surface area contributed by atoms with Crippen molar-refractivity contribution in [1.82, 2.24) is 9.55 Å². The molecule has 0 amide bonds. The Morgan fingerprint density at radius 2 is 2.06 bits per heavy atom. The van der Waals surface area contributed by atoms with Gasteiger partial charge >= 0.3 is 0 Å². The third-order valence-electron chi connectivity index (χ3n) is 6.29. The second kappa shape index (κ2) is 8.54. The third-order valence-corrected chi connectivity index (χ3v) is 6.54. The van der Waals surface area contributed by atoms with Gasteiger partial charge in [0, 0.05) is 18.5 Å². The zero-order valence-corrected chi connectivity index (χ0v) is 17.8. The molecule has 1 saturated heterocycles. The highest BCUT2D eigenvalue weighted by atomic mass is 35.5. The molecule has 6 nitrogen and oxygen atoms in total. The summed E-state index contributed by atoms with van der Waals surface area (Å²) in [7, 11) is 0. The van der Waals surface area contributed by atoms with Gasteiger partial charge in [0.15, 0.2) is 0 Å². The van der Waals surface area contributed by atoms with E-state index in [4.69, 9.17) is 16.3 Å². The predicted molar refractivity (Wildman–Crippen MR) is 123 cm³/mol. The molecule has 2 aliphatic rings. The van der Waals surface area contributed by atoms with Crippen LogP contribution >= 0.6 is 11.6 Å². The monoisotopic (exact) mass is 437 g/mol. The largest absolute Gasteiger partial charge is 0.389 e. The van der Waals surface area contributed by atoms with Crippen molar-refractivity contribution < 1.29 is 9.84 Å². The van der Waals surface area contributed by atoms with Crippen LogP contribution in [0.25, 0.3) is 21.7 Å². The van der Waals surface area contributed by atoms with Crippen molar-refractivity contribution in [1.29, 1.82) is 0 Å². The number of aliphatic imine (C=N–C) groups is 1. The van der Waals surface area contributed by atoms with Gasteiger partial charge in [-0.3, -0.25) is 14.4 Å². The Balaban J connectivity index is 1.57. The quantitative estimate of drug-likeness (QED) is 0.632. The van der Waals surface area contributed by atoms with Crippen molar-refractivity contribution in [2.24, 2.45) is 10.9 Å². The fourth-order valence-corrected chi connectivity index (χ4v) is 4.73. The van der Waals surface area contributed by atoms with E-state index in [0.717, 1.165) is 29.2 Å². The van der Waals surface area contributed by atoms with E-state index in [9.17, 15) is 9.90 Å². The zero-order chi connectivity index (χ0) is 21.4. The number of benzene rings is 2. The Hall–Kier alpha value is -2.54. The first-order chi connectivity index (χ1) is 15.1. The normalized spacial score (nSPS) is 23.9. The first-order valence-electron chi connectivity index (χ1n) is 10.7. The molecule has 5 rings (SSSR count). The molecular weight excluding hydrogens is 414 g/mol. The molecule has 2 aromatic carbocycles. The number of dihydropyridines is 1. The Morgan fingerprint density at radius 3 is 2.84 bits per heavy atom. The van der Waals surface area contributed by atoms with Gasteiger partial charge in [-0.15, -0.1) is 0 Å². The molecule has 3 aromatic rings. The number of hydrogen-bond acceptors (Lipinski definition) is 5. The molecule has 1 fully saturated rings. The fraction of sp³-hybridized carbons (Fsp3) is 0.375. The van der Waals surface area contributed by atoms with Gasteiger partial charge in [-0.2, -0.15) is 0 Å². The Bertz CT molecular complexity index is 1250. The standard InChI is InChI=1S/C24H24ClN3O3/c25-22-8-6-15(12-26-22)5-7-16-11-19-23(18-4-2-1-3-17(16)18)27-14-28(24(19)30)20-9-10-31-13-21(20)29/h1-4,6,8,11,14-15,20-21,29H,5,7,9-10,12-13H2/t15?,20-,21-/m0/s1. The molecular formula is C24H24ClN3O3. The average molecular weight is 438 g/mol. The summed E-state index contributed by atoms with van der Waals surface area (Å²) in [5.74, 6) is 0.333. The molecule has 1 unspecified atom stereocenters. The number of aromatic nitrogens is 2. The number of nitrogens with zero attached hydrogens (tertiary/aromatic N) is 3. The Morgan fingerprint density at radius 1 is 1.23 bits per heavy atom. The molecule has 0 saturated carbocycles. The van der Waals surface area contributed by atoms with Crippen LogP contribution < -0.4 is 5.56 Å². The van der Waals surface area contributed by atoms with Gasteiger partial charge in [0.25, 0.3) is 5.56 Å². The molecule has 2 aliphatic heterocycles. The topological polar surface area (TPSA) is 76.7 Å². The van der Waals surface area contributed by atoms with E-state index in [0.29, 0.717) is 41.6 Å². The minimum atomic E-state index is -0.712. The van der Waals surface area contributed by atoms with Gasteiger partial charge < -0.3 is 9.84 Å². The van der Waals surface area contributed by atoms with Gasteiger partial charge in [0.05, 0.1) is 36.0 Å². The van der Waals surface area contributed by atoms with E-state index in [-0.39, 0.29) is 18.2 Å². The average Bonchev–Trinajstić information content (AvgIpc) is 2.80. The highest BCUT2D eigenvalue weighted by molar-refractivity contribution is 6.68. The number of halogens is 1. The fourth-order valence-electron chi connectivity index (χ4n) is 4.59. The van der Waals surface area contributed by atoms with Gasteiger partial charge in [-0.05, 0) is 48.3 Å². The van der Waals surface area contributed by atoms with Crippen LogP contribution in [0.3, 0.4) is 0 Å². The summed E-state index contributed by atoms with van der Waals surface area (Å²) in [6.07, 6.45) is 7.17. The maximum absolute atomic E-state index is 13.4. The van der Waals surface area contributed by atoms with E-state index in [2.05, 4.69) is 22.1 Å². The summed E-state index contributed by atoms with van der Waals surface area (Å²) >= 11 is 5.94. The van der Waals surface area contributed by atoms with E-state index in [1.807, 2.05) is 30.3 Å². The summed E-state index contributed by atoms with van der Waals surface area (Å²) in [4.78, 5) is 22.4. The Labute approximate surface area is 184 Å². The van der Waals surface area contributed by atoms with Gasteiger partial charge in [-0.25, -0.2) is 4.98 Å². The van der Waals surface area contributed by atoms with Crippen molar-refractivity contribution in [2.75, 3.05) is 19.8 Å². The first-order valence-corrected chi connectivity index (χ1v) is 11.0. The number of hydrogen-bond donors (Lipinski definition) is 1. The minimum Gasteiger partial charge on any atom is -0.389 e. The van der Waals surface area contributed by atoms with E-state index in [1.54, 1.807) is 10.9 Å². The van der Waals surface area contributed by atoms with E-state index >= 15 is 0 Å². The zero-order valence-electron chi connectivity index (χ0n) is 17.1. The van der Waals surface area contributed by atoms with Crippen LogP contribution in [0.5, 0.6) is 0 Å². The highest BCUT2D eigenvalue weighted by Gasteiger charge is 2.27. The molecule has 160 valence electrons. The maximum Gasteiger partial charge on any atom is 0.261 e. The number of ether oxygens (including phenoxy) is 1. The van der Waals surface area contributed by atoms with E-state index in [1.165, 1.54) is 0 Å². The van der Waals surface area contributed by atoms with Gasteiger partial charge in [0.1, 0.15) is 5.17 Å². The summed E-state index contributed by atoms with van der Waals surface area (Å²) in [5, 5.41) is 13.6. The second-order valence-electron chi connectivity index (χ2n) is 8.25. The molecule has 0 bridgehead atoms. The summed E-state index contributed by atoms with van der Waals surface area (Å²) in [6, 6.07) is 9.77. The van der Waals surface area contributed by atoms with Crippen molar-refractivity contribution >= 4 is 38.4 Å². The van der Waals surface area contributed by atoms with Crippen LogP contribution in [0.4, 0.5) is 0 Å². The van der Waals surface area contributed by atoms with Crippen molar-refractivity contribution in [3.63, 3.8) is 0 Å². The third kappa shape index (κ3) is 3.91. The van der Waals surface area contributed by atoms with Crippen LogP contribution in [0.1, 0.15) is 24.4 Å². The first kappa shape index (κ1) is 20.4. The lowest BCUT2D eigenvalue weighted by molar-refractivity contribution is -0.0395. The van der Waals surface area contributed by atoms with Crippen molar-refractivity contribution in [2.45, 2.75) is 31.4 Å². The number of allylic oxidation sites excluding steroid dienone is 1. The van der Waals surface area contributed by atoms with E-state index < -0.39 is 6.10 Å². The summed E-state index contributed by atoms with van der Waals surface area (Å²) in [6.45, 7) is 1.45. The van der Waals surface area contributed by atoms with Crippen LogP contribution in [0.2, 0.25) is 0 Å². The van der Waals surface area contributed by atoms with Crippen LogP contribution in [0, 0.1) is 5.92 Å². The lowest BCUT2D eigenvalue weighted by Gasteiger charge is -2.29. The van der Waals surface area contributed by atoms with Crippen LogP contribution in [0.15, 0.2) is 58.6 Å². The highest BCUT2D eigenvalue weighted by Crippen LogP contribution is 2.29. The van der Waals surface area contributed by atoms with Gasteiger partial charge in [-0.1, -0.05) is 41.9 Å². The molecule has 0 spiro atoms. The van der Waals surface area contributed by atoms with Crippen LogP contribution in [-0.2, 0) is 11.2 Å². The molecule has 31 heavy (non-hydrogen) atoms. The molecule has 1 N–H and O–H groups in total. The van der Waals surface area contributed by atoms with Crippen molar-refractivity contribution in [3.05, 3.63) is 64.7 Å². The molecule has 0 radical (unpaired) electrons. The minimum absolute atomic E-state index is 0.114. The van der Waals surface area contributed by atoms with Gasteiger partial charge in [0.2, 0.25) is 0 Å². The molecule has 7 heteroatoms. The SMILES string of the molecule is O=c1c2cc(CCC3C=CC(Cl)=NC3)c3ccccc3c2ncn1[C@H]1CCOC[C@@H]1O. The summed E-state index contributed by atoms with van der Waals surface area (Å²) in [5.41, 5.74) is 1.72. The molecule has 3 atom stereocenters. The number of aliphatic hydroxyl groups excluding tert-OH is 1. The summed E-state index contributed by atoms with van der Waals surface area (Å²) < 4.78 is 6.90. The second-order valence-corrected chi connectivity index (χ2v) is 8.64. The van der Waals surface area contributed by atoms with Crippen LogP contribution in [-0.4, -0.2) is 45.7 Å². The Kier molecular flexibility index (Phi) is 5.61. The lowest BCUT2D eigenvalue weighted by Crippen LogP contribution is -2.39. The lowest BCUT2D eigenvalue weighted by atomic mass is 9.93. The number of rotatable bonds is 4.